The van der Waals surface area contributed by atoms with Gasteiger partial charge in [0.25, 0.3) is 0 Å². The summed E-state index contributed by atoms with van der Waals surface area (Å²) in [7, 11) is 0. The van der Waals surface area contributed by atoms with E-state index in [9.17, 15) is 4.79 Å². The van der Waals surface area contributed by atoms with E-state index in [1.54, 1.807) is 23.1 Å². The highest BCUT2D eigenvalue weighted by atomic mass is 32.2. The number of rotatable bonds is 7. The Bertz CT molecular complexity index is 627. The molecule has 3 rings (SSSR count). The average molecular weight is 366 g/mol. The summed E-state index contributed by atoms with van der Waals surface area (Å²) >= 11 is 4.72. The Kier molecular flexibility index (Phi) is 6.36. The van der Waals surface area contributed by atoms with E-state index < -0.39 is 0 Å². The molecule has 0 bridgehead atoms. The first-order valence-corrected chi connectivity index (χ1v) is 10.5. The van der Waals surface area contributed by atoms with Gasteiger partial charge in [0.15, 0.2) is 8.68 Å². The maximum absolute atomic E-state index is 11.9. The SMILES string of the molecule is O=C(CSc1nnc(SCc2ccccc2)s1)NC1CCCC1. The van der Waals surface area contributed by atoms with Crippen LogP contribution >= 0.6 is 34.9 Å². The van der Waals surface area contributed by atoms with Crippen LogP contribution in [0.25, 0.3) is 0 Å². The van der Waals surface area contributed by atoms with Crippen LogP contribution in [0.5, 0.6) is 0 Å². The number of nitrogens with one attached hydrogen (secondary N) is 1. The summed E-state index contributed by atoms with van der Waals surface area (Å²) in [5, 5.41) is 11.4. The molecule has 0 aliphatic heterocycles. The molecule has 1 aliphatic carbocycles. The molecule has 122 valence electrons. The second-order valence-corrected chi connectivity index (χ2v) is 8.87. The lowest BCUT2D eigenvalue weighted by molar-refractivity contribution is -0.119. The summed E-state index contributed by atoms with van der Waals surface area (Å²) in [5.74, 6) is 1.42. The van der Waals surface area contributed by atoms with Crippen molar-refractivity contribution in [2.45, 2.75) is 46.2 Å². The molecule has 1 aliphatic rings. The second kappa shape index (κ2) is 8.70. The maximum atomic E-state index is 11.9. The van der Waals surface area contributed by atoms with Gasteiger partial charge in [-0.15, -0.1) is 10.2 Å². The van der Waals surface area contributed by atoms with E-state index in [2.05, 4.69) is 27.6 Å². The zero-order chi connectivity index (χ0) is 15.9. The van der Waals surface area contributed by atoms with Crippen LogP contribution in [0.3, 0.4) is 0 Å². The van der Waals surface area contributed by atoms with Crippen LogP contribution in [0.2, 0.25) is 0 Å². The molecule has 0 unspecified atom stereocenters. The van der Waals surface area contributed by atoms with E-state index in [0.717, 1.165) is 27.3 Å². The van der Waals surface area contributed by atoms with Crippen LogP contribution in [0.15, 0.2) is 39.0 Å². The number of benzene rings is 1. The molecule has 7 heteroatoms. The first-order chi connectivity index (χ1) is 11.3. The standard InChI is InChI=1S/C16H19N3OS3/c20-14(17-13-8-4-5-9-13)11-22-16-19-18-15(23-16)21-10-12-6-2-1-3-7-12/h1-3,6-7,13H,4-5,8-11H2,(H,17,20). The third-order valence-electron chi connectivity index (χ3n) is 3.64. The Morgan fingerprint density at radius 1 is 1.13 bits per heavy atom. The molecule has 0 spiro atoms. The van der Waals surface area contributed by atoms with Crippen molar-refractivity contribution in [2.24, 2.45) is 0 Å². The van der Waals surface area contributed by atoms with Crippen LogP contribution in [-0.2, 0) is 10.5 Å². The van der Waals surface area contributed by atoms with Crippen molar-refractivity contribution in [1.82, 2.24) is 15.5 Å². The number of nitrogens with zero attached hydrogens (tertiary/aromatic N) is 2. The lowest BCUT2D eigenvalue weighted by Crippen LogP contribution is -2.33. The van der Waals surface area contributed by atoms with Crippen molar-refractivity contribution in [3.63, 3.8) is 0 Å². The smallest absolute Gasteiger partial charge is 0.230 e. The summed E-state index contributed by atoms with van der Waals surface area (Å²) in [6.45, 7) is 0. The molecule has 1 saturated carbocycles. The molecule has 1 aromatic heterocycles. The number of carbonyl (C=O) groups excluding carboxylic acids is 1. The Balaban J connectivity index is 1.41. The lowest BCUT2D eigenvalue weighted by Gasteiger charge is -2.10. The van der Waals surface area contributed by atoms with Crippen molar-refractivity contribution in [1.29, 1.82) is 0 Å². The minimum atomic E-state index is 0.107. The van der Waals surface area contributed by atoms with E-state index in [-0.39, 0.29) is 5.91 Å². The van der Waals surface area contributed by atoms with Crippen molar-refractivity contribution < 1.29 is 4.79 Å². The van der Waals surface area contributed by atoms with Gasteiger partial charge in [0, 0.05) is 11.8 Å². The molecule has 1 amide bonds. The van der Waals surface area contributed by atoms with Gasteiger partial charge in [-0.3, -0.25) is 4.79 Å². The largest absolute Gasteiger partial charge is 0.353 e. The Labute approximate surface area is 148 Å². The fraction of sp³-hybridized carbons (Fsp3) is 0.438. The number of aromatic nitrogens is 2. The fourth-order valence-corrected chi connectivity index (χ4v) is 5.29. The van der Waals surface area contributed by atoms with Crippen LogP contribution in [0.4, 0.5) is 0 Å². The van der Waals surface area contributed by atoms with Crippen LogP contribution < -0.4 is 5.32 Å². The van der Waals surface area contributed by atoms with Gasteiger partial charge >= 0.3 is 0 Å². The van der Waals surface area contributed by atoms with Crippen molar-refractivity contribution >= 4 is 40.8 Å². The van der Waals surface area contributed by atoms with Gasteiger partial charge in [-0.1, -0.05) is 78.0 Å². The third-order valence-corrected chi connectivity index (χ3v) is 6.90. The first kappa shape index (κ1) is 16.8. The average Bonchev–Trinajstić information content (AvgIpc) is 3.24. The Morgan fingerprint density at radius 3 is 2.57 bits per heavy atom. The molecule has 0 radical (unpaired) electrons. The van der Waals surface area contributed by atoms with E-state index in [0.29, 0.717) is 11.8 Å². The zero-order valence-corrected chi connectivity index (χ0v) is 15.2. The van der Waals surface area contributed by atoms with Gasteiger partial charge in [0.05, 0.1) is 5.75 Å². The van der Waals surface area contributed by atoms with Gasteiger partial charge in [0.2, 0.25) is 5.91 Å². The van der Waals surface area contributed by atoms with Crippen molar-refractivity contribution in [3.05, 3.63) is 35.9 Å². The highest BCUT2D eigenvalue weighted by molar-refractivity contribution is 8.03. The third kappa shape index (κ3) is 5.51. The number of carbonyl (C=O) groups is 1. The van der Waals surface area contributed by atoms with Gasteiger partial charge < -0.3 is 5.32 Å². The summed E-state index contributed by atoms with van der Waals surface area (Å²) in [5.41, 5.74) is 1.28. The number of thioether (sulfide) groups is 2. The molecule has 0 atom stereocenters. The molecular formula is C16H19N3OS3. The summed E-state index contributed by atoms with van der Waals surface area (Å²) in [4.78, 5) is 11.9. The zero-order valence-electron chi connectivity index (χ0n) is 12.7. The van der Waals surface area contributed by atoms with E-state index in [1.165, 1.54) is 30.2 Å². The maximum Gasteiger partial charge on any atom is 0.230 e. The van der Waals surface area contributed by atoms with Crippen LogP contribution in [0, 0.1) is 0 Å². The lowest BCUT2D eigenvalue weighted by atomic mass is 10.2. The van der Waals surface area contributed by atoms with Crippen LogP contribution in [0.1, 0.15) is 31.2 Å². The van der Waals surface area contributed by atoms with Crippen molar-refractivity contribution in [2.75, 3.05) is 5.75 Å². The van der Waals surface area contributed by atoms with E-state index in [4.69, 9.17) is 0 Å². The minimum Gasteiger partial charge on any atom is -0.353 e. The summed E-state index contributed by atoms with van der Waals surface area (Å²) in [6.07, 6.45) is 4.71. The number of hydrogen-bond donors (Lipinski definition) is 1. The van der Waals surface area contributed by atoms with Gasteiger partial charge in [-0.05, 0) is 18.4 Å². The van der Waals surface area contributed by atoms with Gasteiger partial charge in [-0.2, -0.15) is 0 Å². The second-order valence-electron chi connectivity index (χ2n) is 5.45. The molecule has 1 N–H and O–H groups in total. The molecule has 1 heterocycles. The predicted molar refractivity (Wildman–Crippen MR) is 97.0 cm³/mol. The number of amides is 1. The van der Waals surface area contributed by atoms with Crippen LogP contribution in [-0.4, -0.2) is 27.9 Å². The number of hydrogen-bond acceptors (Lipinski definition) is 6. The van der Waals surface area contributed by atoms with Gasteiger partial charge in [-0.25, -0.2) is 0 Å². The fourth-order valence-electron chi connectivity index (χ4n) is 2.50. The molecule has 23 heavy (non-hydrogen) atoms. The topological polar surface area (TPSA) is 54.9 Å². The Hall–Kier alpha value is -1.05. The first-order valence-electron chi connectivity index (χ1n) is 7.72. The Morgan fingerprint density at radius 2 is 1.83 bits per heavy atom. The molecule has 1 aromatic carbocycles. The highest BCUT2D eigenvalue weighted by Crippen LogP contribution is 2.30. The molecule has 0 saturated heterocycles. The predicted octanol–water partition coefficient (Wildman–Crippen LogP) is 3.98. The highest BCUT2D eigenvalue weighted by Gasteiger charge is 2.17. The normalized spacial score (nSPS) is 15.0. The quantitative estimate of drug-likeness (QED) is 0.752. The molecular weight excluding hydrogens is 346 g/mol. The minimum absolute atomic E-state index is 0.107. The summed E-state index contributed by atoms with van der Waals surface area (Å²) in [6, 6.07) is 10.7. The monoisotopic (exact) mass is 365 g/mol. The molecule has 4 nitrogen and oxygen atoms in total. The van der Waals surface area contributed by atoms with Gasteiger partial charge in [0.1, 0.15) is 0 Å². The van der Waals surface area contributed by atoms with E-state index >= 15 is 0 Å². The molecule has 1 fully saturated rings. The summed E-state index contributed by atoms with van der Waals surface area (Å²) < 4.78 is 1.81. The molecule has 2 aromatic rings. The van der Waals surface area contributed by atoms with Crippen molar-refractivity contribution in [3.8, 4) is 0 Å². The van der Waals surface area contributed by atoms with E-state index in [1.807, 2.05) is 18.2 Å².